The van der Waals surface area contributed by atoms with Crippen LogP contribution in [-0.2, 0) is 16.1 Å². The number of pyridine rings is 1. The molecule has 4 heterocycles. The Morgan fingerprint density at radius 1 is 1.20 bits per heavy atom. The average molecular weight is 335 g/mol. The molecule has 0 unspecified atom stereocenters. The summed E-state index contributed by atoms with van der Waals surface area (Å²) >= 11 is 0. The zero-order valence-electron chi connectivity index (χ0n) is 14.0. The number of carbonyl (C=O) groups is 1. The second-order valence-corrected chi connectivity index (χ2v) is 7.15. The molecule has 0 radical (unpaired) electrons. The molecule has 3 fully saturated rings. The molecule has 0 N–H and O–H groups in total. The van der Waals surface area contributed by atoms with Crippen LogP contribution in [0.25, 0.3) is 0 Å². The first-order chi connectivity index (χ1) is 12.3. The monoisotopic (exact) mass is 335 g/mol. The molecule has 1 spiro atoms. The van der Waals surface area contributed by atoms with Gasteiger partial charge < -0.3 is 9.64 Å². The summed E-state index contributed by atoms with van der Waals surface area (Å²) in [6.07, 6.45) is 5.12. The molecule has 3 aliphatic heterocycles. The molecule has 2 aromatic rings. The van der Waals surface area contributed by atoms with E-state index in [4.69, 9.17) is 4.74 Å². The summed E-state index contributed by atoms with van der Waals surface area (Å²) in [7, 11) is 0. The lowest BCUT2D eigenvalue weighted by Crippen LogP contribution is -2.48. The van der Waals surface area contributed by atoms with Gasteiger partial charge in [0.25, 0.3) is 0 Å². The number of amides is 1. The van der Waals surface area contributed by atoms with Crippen LogP contribution in [0.5, 0.6) is 0 Å². The Kier molecular flexibility index (Phi) is 3.40. The third-order valence-electron chi connectivity index (χ3n) is 5.86. The normalized spacial score (nSPS) is 31.4. The van der Waals surface area contributed by atoms with Crippen LogP contribution in [0, 0.1) is 0 Å². The third-order valence-corrected chi connectivity index (χ3v) is 5.86. The van der Waals surface area contributed by atoms with Gasteiger partial charge in [-0.05, 0) is 17.2 Å². The van der Waals surface area contributed by atoms with Crippen molar-refractivity contribution in [2.24, 2.45) is 0 Å². The molecule has 1 amide bonds. The maximum Gasteiger partial charge on any atom is 0.227 e. The van der Waals surface area contributed by atoms with Crippen LogP contribution in [0.4, 0.5) is 0 Å². The topological polar surface area (TPSA) is 45.7 Å². The van der Waals surface area contributed by atoms with Crippen molar-refractivity contribution < 1.29 is 9.53 Å². The number of nitrogens with zero attached hydrogens (tertiary/aromatic N) is 3. The summed E-state index contributed by atoms with van der Waals surface area (Å²) in [6.45, 7) is 2.36. The van der Waals surface area contributed by atoms with E-state index < -0.39 is 5.72 Å². The van der Waals surface area contributed by atoms with Gasteiger partial charge in [0.1, 0.15) is 0 Å². The molecular formula is C20H21N3O2. The molecule has 5 rings (SSSR count). The predicted molar refractivity (Wildman–Crippen MR) is 92.4 cm³/mol. The third kappa shape index (κ3) is 2.23. The van der Waals surface area contributed by atoms with Gasteiger partial charge >= 0.3 is 0 Å². The number of likely N-dealkylation sites (tertiary alicyclic amines) is 1. The lowest BCUT2D eigenvalue weighted by atomic mass is 10.0. The second kappa shape index (κ2) is 5.64. The molecule has 3 aliphatic rings. The van der Waals surface area contributed by atoms with Gasteiger partial charge in [0.2, 0.25) is 5.91 Å². The summed E-state index contributed by atoms with van der Waals surface area (Å²) in [5, 5.41) is 0. The van der Waals surface area contributed by atoms with Crippen LogP contribution in [0.3, 0.4) is 0 Å². The van der Waals surface area contributed by atoms with Gasteiger partial charge in [-0.3, -0.25) is 14.7 Å². The zero-order valence-corrected chi connectivity index (χ0v) is 14.0. The van der Waals surface area contributed by atoms with Crippen molar-refractivity contribution in [2.75, 3.05) is 13.2 Å². The van der Waals surface area contributed by atoms with Gasteiger partial charge in [0.15, 0.2) is 5.72 Å². The van der Waals surface area contributed by atoms with Crippen LogP contribution < -0.4 is 0 Å². The van der Waals surface area contributed by atoms with E-state index in [1.165, 1.54) is 11.1 Å². The minimum absolute atomic E-state index is 0.0389. The van der Waals surface area contributed by atoms with Crippen molar-refractivity contribution in [1.82, 2.24) is 14.8 Å². The van der Waals surface area contributed by atoms with Gasteiger partial charge in [-0.25, -0.2) is 0 Å². The van der Waals surface area contributed by atoms with Crippen LogP contribution in [0.15, 0.2) is 54.9 Å². The lowest BCUT2D eigenvalue weighted by Gasteiger charge is -2.33. The standard InChI is InChI=1S/C20H21N3O2/c24-19-11-18-20(8-10-22(18)13-15-5-4-9-21-12-15)23(19)17(14-25-20)16-6-2-1-3-7-16/h1-7,9,12,17-18H,8,10-11,13-14H2/t17-,18+,20-/m0/s1. The molecule has 1 aromatic heterocycles. The Balaban J connectivity index is 1.43. The molecule has 0 aliphatic carbocycles. The Morgan fingerprint density at radius 3 is 2.88 bits per heavy atom. The van der Waals surface area contributed by atoms with E-state index >= 15 is 0 Å². The molecule has 3 atom stereocenters. The molecular weight excluding hydrogens is 314 g/mol. The zero-order chi connectivity index (χ0) is 16.9. The summed E-state index contributed by atoms with van der Waals surface area (Å²) in [5.74, 6) is 0.215. The molecule has 0 bridgehead atoms. The summed E-state index contributed by atoms with van der Waals surface area (Å²) < 4.78 is 6.34. The van der Waals surface area contributed by atoms with Crippen LogP contribution in [0.1, 0.15) is 30.0 Å². The van der Waals surface area contributed by atoms with E-state index in [-0.39, 0.29) is 18.0 Å². The van der Waals surface area contributed by atoms with Crippen LogP contribution in [0.2, 0.25) is 0 Å². The van der Waals surface area contributed by atoms with Crippen molar-refractivity contribution in [2.45, 2.75) is 37.2 Å². The van der Waals surface area contributed by atoms with Crippen molar-refractivity contribution >= 4 is 5.91 Å². The average Bonchev–Trinajstić information content (AvgIpc) is 3.27. The smallest absolute Gasteiger partial charge is 0.227 e. The fraction of sp³-hybridized carbons (Fsp3) is 0.400. The van der Waals surface area contributed by atoms with Crippen molar-refractivity contribution in [1.29, 1.82) is 0 Å². The molecule has 5 nitrogen and oxygen atoms in total. The van der Waals surface area contributed by atoms with Gasteiger partial charge in [-0.1, -0.05) is 36.4 Å². The van der Waals surface area contributed by atoms with E-state index in [0.29, 0.717) is 13.0 Å². The summed E-state index contributed by atoms with van der Waals surface area (Å²) in [6, 6.07) is 14.5. The van der Waals surface area contributed by atoms with E-state index in [2.05, 4.69) is 28.1 Å². The van der Waals surface area contributed by atoms with Crippen LogP contribution >= 0.6 is 0 Å². The summed E-state index contributed by atoms with van der Waals surface area (Å²) in [5.41, 5.74) is 1.90. The predicted octanol–water partition coefficient (Wildman–Crippen LogP) is 2.36. The Labute approximate surface area is 147 Å². The number of hydrogen-bond donors (Lipinski definition) is 0. The van der Waals surface area contributed by atoms with Gasteiger partial charge in [-0.15, -0.1) is 0 Å². The van der Waals surface area contributed by atoms with Crippen LogP contribution in [-0.4, -0.2) is 45.6 Å². The number of carbonyl (C=O) groups excluding carboxylic acids is 1. The van der Waals surface area contributed by atoms with E-state index in [1.807, 2.05) is 35.4 Å². The molecule has 128 valence electrons. The number of benzene rings is 1. The number of ether oxygens (including phenoxy) is 1. The highest BCUT2D eigenvalue weighted by molar-refractivity contribution is 5.82. The summed E-state index contributed by atoms with van der Waals surface area (Å²) in [4.78, 5) is 21.5. The molecule has 0 saturated carbocycles. The highest BCUT2D eigenvalue weighted by Crippen LogP contribution is 2.51. The highest BCUT2D eigenvalue weighted by Gasteiger charge is 2.64. The Morgan fingerprint density at radius 2 is 2.08 bits per heavy atom. The van der Waals surface area contributed by atoms with Gasteiger partial charge in [0.05, 0.1) is 18.7 Å². The van der Waals surface area contributed by atoms with Gasteiger partial charge in [-0.2, -0.15) is 0 Å². The Bertz CT molecular complexity index is 782. The maximum atomic E-state index is 12.9. The second-order valence-electron chi connectivity index (χ2n) is 7.15. The first-order valence-electron chi connectivity index (χ1n) is 8.92. The number of rotatable bonds is 3. The lowest BCUT2D eigenvalue weighted by molar-refractivity contribution is -0.138. The van der Waals surface area contributed by atoms with E-state index in [0.717, 1.165) is 19.5 Å². The minimum Gasteiger partial charge on any atom is -0.351 e. The number of hydrogen-bond acceptors (Lipinski definition) is 4. The highest BCUT2D eigenvalue weighted by atomic mass is 16.5. The van der Waals surface area contributed by atoms with Crippen molar-refractivity contribution in [3.8, 4) is 0 Å². The molecule has 3 saturated heterocycles. The molecule has 1 aromatic carbocycles. The van der Waals surface area contributed by atoms with E-state index in [1.54, 1.807) is 6.20 Å². The fourth-order valence-corrected chi connectivity index (χ4v) is 4.77. The fourth-order valence-electron chi connectivity index (χ4n) is 4.77. The number of aromatic nitrogens is 1. The molecule has 5 heteroatoms. The minimum atomic E-state index is -0.445. The molecule has 25 heavy (non-hydrogen) atoms. The van der Waals surface area contributed by atoms with Crippen molar-refractivity contribution in [3.63, 3.8) is 0 Å². The SMILES string of the molecule is O=C1C[C@H]2N(Cc3cccnc3)CC[C@]23OC[C@@H](c2ccccc2)N13. The van der Waals surface area contributed by atoms with E-state index in [9.17, 15) is 4.79 Å². The quantitative estimate of drug-likeness (QED) is 0.864. The first-order valence-corrected chi connectivity index (χ1v) is 8.92. The van der Waals surface area contributed by atoms with Gasteiger partial charge in [0, 0.05) is 38.3 Å². The maximum absolute atomic E-state index is 12.9. The Hall–Kier alpha value is -2.24. The first kappa shape index (κ1) is 15.0. The van der Waals surface area contributed by atoms with Crippen molar-refractivity contribution in [3.05, 3.63) is 66.0 Å². The largest absolute Gasteiger partial charge is 0.351 e.